The molecule has 0 aliphatic carbocycles. The third kappa shape index (κ3) is 1.45. The minimum atomic E-state index is 0.869. The van der Waals surface area contributed by atoms with Gasteiger partial charge in [0.2, 0.25) is 0 Å². The van der Waals surface area contributed by atoms with Crippen molar-refractivity contribution in [2.24, 2.45) is 17.8 Å². The van der Waals surface area contributed by atoms with Crippen LogP contribution >= 0.6 is 0 Å². The van der Waals surface area contributed by atoms with Gasteiger partial charge < -0.3 is 5.32 Å². The highest BCUT2D eigenvalue weighted by molar-refractivity contribution is 4.76. The maximum Gasteiger partial charge on any atom is -0.00204 e. The van der Waals surface area contributed by atoms with Crippen molar-refractivity contribution >= 4 is 0 Å². The first-order valence-electron chi connectivity index (χ1n) is 3.92. The van der Waals surface area contributed by atoms with Gasteiger partial charge in [0.05, 0.1) is 0 Å². The van der Waals surface area contributed by atoms with Crippen LogP contribution in [0.5, 0.6) is 0 Å². The molecule has 1 nitrogen and oxygen atoms in total. The number of piperidine rings is 1. The van der Waals surface area contributed by atoms with Gasteiger partial charge in [-0.15, -0.1) is 0 Å². The van der Waals surface area contributed by atoms with Gasteiger partial charge in [0.25, 0.3) is 0 Å². The van der Waals surface area contributed by atoms with Gasteiger partial charge in [-0.05, 0) is 30.8 Å². The molecule has 0 aromatic carbocycles. The first kappa shape index (κ1) is 7.07. The summed E-state index contributed by atoms with van der Waals surface area (Å²) in [6.45, 7) is 9.44. The van der Waals surface area contributed by atoms with E-state index < -0.39 is 0 Å². The van der Waals surface area contributed by atoms with E-state index in [1.807, 2.05) is 0 Å². The van der Waals surface area contributed by atoms with E-state index in [0.29, 0.717) is 0 Å². The monoisotopic (exact) mass is 127 g/mol. The van der Waals surface area contributed by atoms with E-state index in [2.05, 4.69) is 26.1 Å². The zero-order valence-corrected chi connectivity index (χ0v) is 6.65. The zero-order valence-electron chi connectivity index (χ0n) is 6.65. The van der Waals surface area contributed by atoms with Crippen molar-refractivity contribution in [1.82, 2.24) is 5.32 Å². The molecule has 0 aromatic heterocycles. The fraction of sp³-hybridized carbons (Fsp3) is 1.00. The Kier molecular flexibility index (Phi) is 2.12. The molecule has 1 fully saturated rings. The molecule has 1 saturated heterocycles. The number of rotatable bonds is 0. The van der Waals surface area contributed by atoms with E-state index in [1.165, 1.54) is 13.1 Å². The molecule has 1 aliphatic heterocycles. The summed E-state index contributed by atoms with van der Waals surface area (Å²) in [5.41, 5.74) is 0. The summed E-state index contributed by atoms with van der Waals surface area (Å²) in [6.07, 6.45) is 0. The molecule has 9 heavy (non-hydrogen) atoms. The summed E-state index contributed by atoms with van der Waals surface area (Å²) in [6, 6.07) is 0. The van der Waals surface area contributed by atoms with Crippen LogP contribution in [0.1, 0.15) is 20.8 Å². The Morgan fingerprint density at radius 3 is 1.78 bits per heavy atom. The first-order chi connectivity index (χ1) is 4.22. The summed E-state index contributed by atoms with van der Waals surface area (Å²) in [5.74, 6) is 2.65. The van der Waals surface area contributed by atoms with E-state index in [9.17, 15) is 0 Å². The molecule has 0 saturated carbocycles. The van der Waals surface area contributed by atoms with Gasteiger partial charge in [0.15, 0.2) is 0 Å². The van der Waals surface area contributed by atoms with Crippen molar-refractivity contribution < 1.29 is 0 Å². The summed E-state index contributed by atoms with van der Waals surface area (Å²) in [5, 5.41) is 3.41. The van der Waals surface area contributed by atoms with Crippen molar-refractivity contribution in [3.63, 3.8) is 0 Å². The van der Waals surface area contributed by atoms with Gasteiger partial charge in [0, 0.05) is 0 Å². The average Bonchev–Trinajstić information content (AvgIpc) is 1.83. The molecular weight excluding hydrogens is 110 g/mol. The van der Waals surface area contributed by atoms with Crippen LogP contribution in [-0.2, 0) is 0 Å². The van der Waals surface area contributed by atoms with Gasteiger partial charge in [-0.25, -0.2) is 0 Å². The second-order valence-corrected chi connectivity index (χ2v) is 3.47. The lowest BCUT2D eigenvalue weighted by atomic mass is 9.82. The molecule has 0 aromatic rings. The Hall–Kier alpha value is -0.0400. The first-order valence-corrected chi connectivity index (χ1v) is 3.92. The largest absolute Gasteiger partial charge is 0.316 e. The van der Waals surface area contributed by atoms with Crippen molar-refractivity contribution in [3.05, 3.63) is 0 Å². The lowest BCUT2D eigenvalue weighted by Crippen LogP contribution is -2.39. The van der Waals surface area contributed by atoms with Gasteiger partial charge in [-0.2, -0.15) is 0 Å². The van der Waals surface area contributed by atoms with Crippen LogP contribution in [0.2, 0.25) is 0 Å². The van der Waals surface area contributed by atoms with Crippen LogP contribution < -0.4 is 5.32 Å². The predicted molar refractivity (Wildman–Crippen MR) is 40.4 cm³/mol. The Labute approximate surface area is 57.8 Å². The second-order valence-electron chi connectivity index (χ2n) is 3.47. The van der Waals surface area contributed by atoms with E-state index in [1.54, 1.807) is 0 Å². The topological polar surface area (TPSA) is 12.0 Å². The molecule has 0 radical (unpaired) electrons. The minimum Gasteiger partial charge on any atom is -0.316 e. The molecule has 0 bridgehead atoms. The lowest BCUT2D eigenvalue weighted by Gasteiger charge is -2.32. The number of hydrogen-bond acceptors (Lipinski definition) is 1. The van der Waals surface area contributed by atoms with Gasteiger partial charge in [-0.1, -0.05) is 20.8 Å². The summed E-state index contributed by atoms with van der Waals surface area (Å²) >= 11 is 0. The number of nitrogens with one attached hydrogen (secondary N) is 1. The van der Waals surface area contributed by atoms with E-state index in [0.717, 1.165) is 17.8 Å². The molecule has 1 N–H and O–H groups in total. The third-order valence-corrected chi connectivity index (χ3v) is 2.73. The highest BCUT2D eigenvalue weighted by atomic mass is 14.9. The average molecular weight is 127 g/mol. The van der Waals surface area contributed by atoms with E-state index in [4.69, 9.17) is 0 Å². The van der Waals surface area contributed by atoms with Gasteiger partial charge >= 0.3 is 0 Å². The van der Waals surface area contributed by atoms with Crippen molar-refractivity contribution in [3.8, 4) is 0 Å². The summed E-state index contributed by atoms with van der Waals surface area (Å²) in [4.78, 5) is 0. The Morgan fingerprint density at radius 2 is 1.44 bits per heavy atom. The maximum absolute atomic E-state index is 3.41. The molecule has 1 heterocycles. The van der Waals surface area contributed by atoms with Crippen LogP contribution in [0, 0.1) is 17.8 Å². The molecule has 0 unspecified atom stereocenters. The Morgan fingerprint density at radius 1 is 1.00 bits per heavy atom. The normalized spacial score (nSPS) is 45.0. The lowest BCUT2D eigenvalue weighted by molar-refractivity contribution is 0.216. The quantitative estimate of drug-likeness (QED) is 0.520. The van der Waals surface area contributed by atoms with Crippen LogP contribution in [0.25, 0.3) is 0 Å². The van der Waals surface area contributed by atoms with Crippen molar-refractivity contribution in [1.29, 1.82) is 0 Å². The fourth-order valence-electron chi connectivity index (χ4n) is 1.47. The predicted octanol–water partition coefficient (Wildman–Crippen LogP) is 1.50. The van der Waals surface area contributed by atoms with Crippen LogP contribution in [0.15, 0.2) is 0 Å². The highest BCUT2D eigenvalue weighted by Crippen LogP contribution is 2.22. The van der Waals surface area contributed by atoms with Gasteiger partial charge in [-0.3, -0.25) is 0 Å². The molecule has 1 heteroatoms. The standard InChI is InChI=1S/C8H17N/c1-6-4-9-5-7(2)8(6)3/h6-9H,4-5H2,1-3H3/t6-,7+,8+. The molecule has 1 rings (SSSR count). The summed E-state index contributed by atoms with van der Waals surface area (Å²) in [7, 11) is 0. The van der Waals surface area contributed by atoms with E-state index in [-0.39, 0.29) is 0 Å². The highest BCUT2D eigenvalue weighted by Gasteiger charge is 2.22. The zero-order chi connectivity index (χ0) is 6.85. The second kappa shape index (κ2) is 2.70. The van der Waals surface area contributed by atoms with Crippen molar-refractivity contribution in [2.45, 2.75) is 20.8 Å². The molecule has 0 spiro atoms. The molecule has 1 aliphatic rings. The van der Waals surface area contributed by atoms with Gasteiger partial charge in [0.1, 0.15) is 0 Å². The smallest absolute Gasteiger partial charge is 0.00204 e. The molecule has 0 amide bonds. The fourth-order valence-corrected chi connectivity index (χ4v) is 1.47. The third-order valence-electron chi connectivity index (χ3n) is 2.73. The Balaban J connectivity index is 2.41. The number of hydrogen-bond donors (Lipinski definition) is 1. The SMILES string of the molecule is C[C@H]1[C@H](C)CNC[C@@H]1C. The van der Waals surface area contributed by atoms with Crippen LogP contribution in [0.3, 0.4) is 0 Å². The minimum absolute atomic E-state index is 0.869. The summed E-state index contributed by atoms with van der Waals surface area (Å²) < 4.78 is 0. The Bertz CT molecular complexity index is 80.6. The van der Waals surface area contributed by atoms with Crippen LogP contribution in [-0.4, -0.2) is 13.1 Å². The molecule has 54 valence electrons. The van der Waals surface area contributed by atoms with Crippen LogP contribution in [0.4, 0.5) is 0 Å². The van der Waals surface area contributed by atoms with Crippen molar-refractivity contribution in [2.75, 3.05) is 13.1 Å². The van der Waals surface area contributed by atoms with E-state index >= 15 is 0 Å². The molecular formula is C8H17N. The maximum atomic E-state index is 3.41. The molecule has 3 atom stereocenters.